The number of aromatic nitrogens is 3. The second-order valence-electron chi connectivity index (χ2n) is 3.17. The molecular formula is C10H10ClN3. The molecule has 0 amide bonds. The van der Waals surface area contributed by atoms with Crippen LogP contribution in [0.4, 0.5) is 0 Å². The zero-order chi connectivity index (χ0) is 10.1. The summed E-state index contributed by atoms with van der Waals surface area (Å²) in [6.07, 6.45) is 0. The van der Waals surface area contributed by atoms with Crippen molar-refractivity contribution in [3.05, 3.63) is 34.6 Å². The average Bonchev–Trinajstić information content (AvgIpc) is 2.57. The topological polar surface area (TPSA) is 41.6 Å². The van der Waals surface area contributed by atoms with Crippen LogP contribution in [0.25, 0.3) is 11.4 Å². The van der Waals surface area contributed by atoms with Crippen LogP contribution in [0.1, 0.15) is 11.4 Å². The Hall–Kier alpha value is -1.35. The van der Waals surface area contributed by atoms with E-state index >= 15 is 0 Å². The van der Waals surface area contributed by atoms with Crippen molar-refractivity contribution in [3.8, 4) is 11.4 Å². The summed E-state index contributed by atoms with van der Waals surface area (Å²) in [6, 6.07) is 5.74. The zero-order valence-corrected chi connectivity index (χ0v) is 8.76. The van der Waals surface area contributed by atoms with Crippen LogP contribution in [0.15, 0.2) is 18.2 Å². The molecule has 0 aliphatic heterocycles. The molecule has 2 rings (SSSR count). The second kappa shape index (κ2) is 3.42. The van der Waals surface area contributed by atoms with Crippen LogP contribution in [-0.2, 0) is 0 Å². The fraction of sp³-hybridized carbons (Fsp3) is 0.200. The zero-order valence-electron chi connectivity index (χ0n) is 8.00. The minimum atomic E-state index is 0.747. The Bertz CT molecular complexity index is 462. The summed E-state index contributed by atoms with van der Waals surface area (Å²) >= 11 is 6.01. The number of nitrogens with one attached hydrogen (secondary N) is 1. The van der Waals surface area contributed by atoms with Crippen LogP contribution in [0.5, 0.6) is 0 Å². The standard InChI is InChI=1S/C10H10ClN3/c1-6-8(4-3-5-9(6)11)10-12-7(2)13-14-10/h3-5H,1-2H3,(H,12,13,14). The predicted molar refractivity (Wildman–Crippen MR) is 56.3 cm³/mol. The molecule has 0 radical (unpaired) electrons. The Balaban J connectivity index is 2.57. The number of halogens is 1. The lowest BCUT2D eigenvalue weighted by molar-refractivity contribution is 1.04. The fourth-order valence-electron chi connectivity index (χ4n) is 1.33. The molecule has 72 valence electrons. The van der Waals surface area contributed by atoms with Gasteiger partial charge in [0.05, 0.1) is 0 Å². The van der Waals surface area contributed by atoms with Crippen LogP contribution in [0, 0.1) is 13.8 Å². The van der Waals surface area contributed by atoms with Gasteiger partial charge in [-0.2, -0.15) is 0 Å². The summed E-state index contributed by atoms with van der Waals surface area (Å²) in [5, 5.41) is 8.69. The maximum absolute atomic E-state index is 6.01. The van der Waals surface area contributed by atoms with Gasteiger partial charge >= 0.3 is 0 Å². The highest BCUT2D eigenvalue weighted by atomic mass is 35.5. The summed E-state index contributed by atoms with van der Waals surface area (Å²) in [7, 11) is 0. The molecule has 0 atom stereocenters. The molecule has 1 aromatic carbocycles. The van der Waals surface area contributed by atoms with E-state index in [1.54, 1.807) is 0 Å². The van der Waals surface area contributed by atoms with E-state index in [2.05, 4.69) is 15.2 Å². The highest BCUT2D eigenvalue weighted by Crippen LogP contribution is 2.25. The van der Waals surface area contributed by atoms with Crippen LogP contribution in [0.2, 0.25) is 5.02 Å². The highest BCUT2D eigenvalue weighted by molar-refractivity contribution is 6.31. The van der Waals surface area contributed by atoms with Gasteiger partial charge in [0.1, 0.15) is 5.82 Å². The molecule has 0 aliphatic carbocycles. The van der Waals surface area contributed by atoms with Crippen LogP contribution in [-0.4, -0.2) is 15.2 Å². The molecule has 1 aromatic heterocycles. The SMILES string of the molecule is Cc1nnc(-c2cccc(Cl)c2C)[nH]1. The van der Waals surface area contributed by atoms with Crippen molar-refractivity contribution in [2.24, 2.45) is 0 Å². The smallest absolute Gasteiger partial charge is 0.161 e. The van der Waals surface area contributed by atoms with Gasteiger partial charge in [0.15, 0.2) is 5.82 Å². The third-order valence-electron chi connectivity index (χ3n) is 2.12. The summed E-state index contributed by atoms with van der Waals surface area (Å²) < 4.78 is 0. The molecule has 0 saturated carbocycles. The van der Waals surface area contributed by atoms with Crippen molar-refractivity contribution in [2.75, 3.05) is 0 Å². The largest absolute Gasteiger partial charge is 0.325 e. The number of hydrogen-bond acceptors (Lipinski definition) is 2. The van der Waals surface area contributed by atoms with Gasteiger partial charge < -0.3 is 4.98 Å². The number of nitrogens with zero attached hydrogens (tertiary/aromatic N) is 2. The second-order valence-corrected chi connectivity index (χ2v) is 3.58. The van der Waals surface area contributed by atoms with Crippen molar-refractivity contribution in [1.82, 2.24) is 15.2 Å². The number of H-pyrrole nitrogens is 1. The minimum absolute atomic E-state index is 0.747. The molecule has 3 nitrogen and oxygen atoms in total. The van der Waals surface area contributed by atoms with E-state index in [4.69, 9.17) is 11.6 Å². The van der Waals surface area contributed by atoms with E-state index < -0.39 is 0 Å². The van der Waals surface area contributed by atoms with Gasteiger partial charge in [-0.05, 0) is 25.5 Å². The van der Waals surface area contributed by atoms with Gasteiger partial charge in [-0.3, -0.25) is 0 Å². The molecule has 1 heterocycles. The molecule has 14 heavy (non-hydrogen) atoms. The highest BCUT2D eigenvalue weighted by Gasteiger charge is 2.07. The first-order valence-electron chi connectivity index (χ1n) is 4.33. The summed E-state index contributed by atoms with van der Waals surface area (Å²) in [6.45, 7) is 3.84. The third-order valence-corrected chi connectivity index (χ3v) is 2.53. The van der Waals surface area contributed by atoms with Crippen LogP contribution >= 0.6 is 11.6 Å². The Morgan fingerprint density at radius 3 is 2.64 bits per heavy atom. The first-order chi connectivity index (χ1) is 6.68. The number of aromatic amines is 1. The first kappa shape index (κ1) is 9.21. The van der Waals surface area contributed by atoms with E-state index in [-0.39, 0.29) is 0 Å². The van der Waals surface area contributed by atoms with Gasteiger partial charge in [0.2, 0.25) is 0 Å². The molecule has 0 bridgehead atoms. The lowest BCUT2D eigenvalue weighted by Crippen LogP contribution is -1.86. The number of aryl methyl sites for hydroxylation is 1. The Morgan fingerprint density at radius 1 is 1.21 bits per heavy atom. The molecule has 0 saturated heterocycles. The number of hydrogen-bond donors (Lipinski definition) is 1. The third kappa shape index (κ3) is 1.51. The lowest BCUT2D eigenvalue weighted by atomic mass is 10.1. The van der Waals surface area contributed by atoms with E-state index in [9.17, 15) is 0 Å². The monoisotopic (exact) mass is 207 g/mol. The van der Waals surface area contributed by atoms with E-state index in [0.717, 1.165) is 27.8 Å². The lowest BCUT2D eigenvalue weighted by Gasteiger charge is -2.02. The Kier molecular flexibility index (Phi) is 2.25. The van der Waals surface area contributed by atoms with Crippen molar-refractivity contribution in [1.29, 1.82) is 0 Å². The molecule has 2 aromatic rings. The van der Waals surface area contributed by atoms with Crippen molar-refractivity contribution in [3.63, 3.8) is 0 Å². The van der Waals surface area contributed by atoms with Gasteiger partial charge in [-0.25, -0.2) is 0 Å². The molecule has 1 N–H and O–H groups in total. The molecule has 0 fully saturated rings. The van der Waals surface area contributed by atoms with Crippen molar-refractivity contribution in [2.45, 2.75) is 13.8 Å². The van der Waals surface area contributed by atoms with E-state index in [1.807, 2.05) is 32.0 Å². The fourth-order valence-corrected chi connectivity index (χ4v) is 1.51. The van der Waals surface area contributed by atoms with E-state index in [0.29, 0.717) is 0 Å². The molecule has 0 unspecified atom stereocenters. The number of rotatable bonds is 1. The quantitative estimate of drug-likeness (QED) is 0.781. The summed E-state index contributed by atoms with van der Waals surface area (Å²) in [5.74, 6) is 1.57. The first-order valence-corrected chi connectivity index (χ1v) is 4.71. The van der Waals surface area contributed by atoms with Gasteiger partial charge in [-0.1, -0.05) is 23.7 Å². The van der Waals surface area contributed by atoms with Gasteiger partial charge in [0.25, 0.3) is 0 Å². The van der Waals surface area contributed by atoms with E-state index in [1.165, 1.54) is 0 Å². The van der Waals surface area contributed by atoms with Crippen molar-refractivity contribution >= 4 is 11.6 Å². The molecule has 0 aliphatic rings. The Morgan fingerprint density at radius 2 is 2.00 bits per heavy atom. The van der Waals surface area contributed by atoms with Gasteiger partial charge in [0, 0.05) is 10.6 Å². The summed E-state index contributed by atoms with van der Waals surface area (Å²) in [5.41, 5.74) is 2.02. The molecular weight excluding hydrogens is 198 g/mol. The normalized spacial score (nSPS) is 10.5. The van der Waals surface area contributed by atoms with Crippen LogP contribution < -0.4 is 0 Å². The summed E-state index contributed by atoms with van der Waals surface area (Å²) in [4.78, 5) is 3.08. The predicted octanol–water partition coefficient (Wildman–Crippen LogP) is 2.74. The number of benzene rings is 1. The van der Waals surface area contributed by atoms with Gasteiger partial charge in [-0.15, -0.1) is 10.2 Å². The average molecular weight is 208 g/mol. The molecule has 4 heteroatoms. The Labute approximate surface area is 87.1 Å². The molecule has 0 spiro atoms. The maximum Gasteiger partial charge on any atom is 0.161 e. The van der Waals surface area contributed by atoms with Crippen molar-refractivity contribution < 1.29 is 0 Å². The minimum Gasteiger partial charge on any atom is -0.325 e. The maximum atomic E-state index is 6.01. The van der Waals surface area contributed by atoms with Crippen LogP contribution in [0.3, 0.4) is 0 Å².